The first-order valence-corrected chi connectivity index (χ1v) is 6.45. The molecule has 1 atom stereocenters. The number of nitrogens with two attached hydrogens (primary N) is 1. The van der Waals surface area contributed by atoms with Crippen molar-refractivity contribution in [2.45, 2.75) is 39.7 Å². The van der Waals surface area contributed by atoms with Crippen LogP contribution in [0.3, 0.4) is 0 Å². The SMILES string of the molecule is CCC(=O)Nc1cccc(NC(=O)[C@@H](N)CC)c1C. The molecule has 1 aromatic rings. The van der Waals surface area contributed by atoms with Gasteiger partial charge in [-0.2, -0.15) is 0 Å². The molecule has 0 heterocycles. The van der Waals surface area contributed by atoms with Gasteiger partial charge < -0.3 is 16.4 Å². The summed E-state index contributed by atoms with van der Waals surface area (Å²) in [6.07, 6.45) is 0.994. The van der Waals surface area contributed by atoms with E-state index in [1.807, 2.05) is 13.8 Å². The van der Waals surface area contributed by atoms with Gasteiger partial charge in [-0.05, 0) is 31.0 Å². The average Bonchev–Trinajstić information content (AvgIpc) is 2.41. The topological polar surface area (TPSA) is 84.2 Å². The lowest BCUT2D eigenvalue weighted by atomic mass is 10.1. The summed E-state index contributed by atoms with van der Waals surface area (Å²) in [6.45, 7) is 5.49. The van der Waals surface area contributed by atoms with Crippen molar-refractivity contribution in [2.75, 3.05) is 10.6 Å². The van der Waals surface area contributed by atoms with Gasteiger partial charge in [0.05, 0.1) is 6.04 Å². The molecular formula is C14H21N3O2. The molecule has 5 nitrogen and oxygen atoms in total. The highest BCUT2D eigenvalue weighted by atomic mass is 16.2. The van der Waals surface area contributed by atoms with Gasteiger partial charge >= 0.3 is 0 Å². The van der Waals surface area contributed by atoms with Gasteiger partial charge in [0.1, 0.15) is 0 Å². The van der Waals surface area contributed by atoms with Gasteiger partial charge in [0.25, 0.3) is 0 Å². The van der Waals surface area contributed by atoms with Gasteiger partial charge in [-0.25, -0.2) is 0 Å². The van der Waals surface area contributed by atoms with Gasteiger partial charge in [0.15, 0.2) is 0 Å². The van der Waals surface area contributed by atoms with Crippen molar-refractivity contribution in [3.8, 4) is 0 Å². The van der Waals surface area contributed by atoms with Crippen LogP contribution in [0.25, 0.3) is 0 Å². The maximum Gasteiger partial charge on any atom is 0.241 e. The van der Waals surface area contributed by atoms with Crippen LogP contribution in [0.4, 0.5) is 11.4 Å². The highest BCUT2D eigenvalue weighted by Crippen LogP contribution is 2.23. The third-order valence-corrected chi connectivity index (χ3v) is 2.96. The molecule has 0 fully saturated rings. The number of hydrogen-bond donors (Lipinski definition) is 3. The Morgan fingerprint density at radius 2 is 1.79 bits per heavy atom. The predicted molar refractivity (Wildman–Crippen MR) is 77.0 cm³/mol. The van der Waals surface area contributed by atoms with Crippen molar-refractivity contribution in [2.24, 2.45) is 5.73 Å². The molecule has 5 heteroatoms. The van der Waals surface area contributed by atoms with E-state index >= 15 is 0 Å². The van der Waals surface area contributed by atoms with E-state index in [9.17, 15) is 9.59 Å². The third kappa shape index (κ3) is 4.06. The van der Waals surface area contributed by atoms with E-state index in [2.05, 4.69) is 10.6 Å². The molecule has 1 rings (SSSR count). The number of hydrogen-bond acceptors (Lipinski definition) is 3. The standard InChI is InChI=1S/C14H21N3O2/c1-4-10(15)14(19)17-12-8-6-7-11(9(12)3)16-13(18)5-2/h6-8,10H,4-5,15H2,1-3H3,(H,16,18)(H,17,19)/t10-/m0/s1. The van der Waals surface area contributed by atoms with E-state index in [0.29, 0.717) is 24.2 Å². The number of carbonyl (C=O) groups is 2. The Morgan fingerprint density at radius 1 is 1.21 bits per heavy atom. The fourth-order valence-corrected chi connectivity index (χ4v) is 1.56. The maximum atomic E-state index is 11.8. The van der Waals surface area contributed by atoms with Gasteiger partial charge in [-0.15, -0.1) is 0 Å². The summed E-state index contributed by atoms with van der Waals surface area (Å²) < 4.78 is 0. The van der Waals surface area contributed by atoms with Crippen molar-refractivity contribution in [3.05, 3.63) is 23.8 Å². The molecule has 0 unspecified atom stereocenters. The Hall–Kier alpha value is -1.88. The lowest BCUT2D eigenvalue weighted by Gasteiger charge is -2.15. The first-order chi connectivity index (χ1) is 8.99. The molecule has 0 aromatic heterocycles. The zero-order valence-corrected chi connectivity index (χ0v) is 11.6. The third-order valence-electron chi connectivity index (χ3n) is 2.96. The van der Waals surface area contributed by atoms with E-state index in [-0.39, 0.29) is 11.8 Å². The minimum atomic E-state index is -0.520. The van der Waals surface area contributed by atoms with Gasteiger partial charge in [0, 0.05) is 17.8 Å². The Kier molecular flexibility index (Phi) is 5.51. The molecule has 0 bridgehead atoms. The Morgan fingerprint density at radius 3 is 2.32 bits per heavy atom. The summed E-state index contributed by atoms with van der Waals surface area (Å²) >= 11 is 0. The summed E-state index contributed by atoms with van der Waals surface area (Å²) in [5.74, 6) is -0.276. The van der Waals surface area contributed by atoms with Crippen LogP contribution in [-0.2, 0) is 9.59 Å². The number of anilines is 2. The van der Waals surface area contributed by atoms with Crippen molar-refractivity contribution in [1.29, 1.82) is 0 Å². The Bertz CT molecular complexity index is 472. The largest absolute Gasteiger partial charge is 0.326 e. The van der Waals surface area contributed by atoms with Gasteiger partial charge in [-0.3, -0.25) is 9.59 Å². The molecule has 1 aromatic carbocycles. The minimum absolute atomic E-state index is 0.0585. The zero-order valence-electron chi connectivity index (χ0n) is 11.6. The van der Waals surface area contributed by atoms with E-state index in [4.69, 9.17) is 5.73 Å². The van der Waals surface area contributed by atoms with Gasteiger partial charge in [0.2, 0.25) is 11.8 Å². The van der Waals surface area contributed by atoms with Gasteiger partial charge in [-0.1, -0.05) is 19.9 Å². The molecule has 0 aliphatic heterocycles. The number of nitrogens with one attached hydrogen (secondary N) is 2. The molecule has 4 N–H and O–H groups in total. The molecule has 0 aliphatic carbocycles. The fourth-order valence-electron chi connectivity index (χ4n) is 1.56. The number of carbonyl (C=O) groups excluding carboxylic acids is 2. The van der Waals surface area contributed by atoms with Crippen LogP contribution in [0.15, 0.2) is 18.2 Å². The normalized spacial score (nSPS) is 11.8. The van der Waals surface area contributed by atoms with E-state index < -0.39 is 6.04 Å². The first-order valence-electron chi connectivity index (χ1n) is 6.45. The van der Waals surface area contributed by atoms with Crippen LogP contribution < -0.4 is 16.4 Å². The molecule has 19 heavy (non-hydrogen) atoms. The summed E-state index contributed by atoms with van der Waals surface area (Å²) in [7, 11) is 0. The molecule has 0 spiro atoms. The summed E-state index contributed by atoms with van der Waals surface area (Å²) in [5, 5.41) is 5.57. The molecular weight excluding hydrogens is 242 g/mol. The van der Waals surface area contributed by atoms with Crippen LogP contribution in [0.1, 0.15) is 32.3 Å². The van der Waals surface area contributed by atoms with Crippen molar-refractivity contribution >= 4 is 23.2 Å². The summed E-state index contributed by atoms with van der Waals surface area (Å²) in [5.41, 5.74) is 7.87. The maximum absolute atomic E-state index is 11.8. The molecule has 2 amide bonds. The van der Waals surface area contributed by atoms with Crippen LogP contribution in [0.2, 0.25) is 0 Å². The van der Waals surface area contributed by atoms with Crippen LogP contribution >= 0.6 is 0 Å². The second-order valence-corrected chi connectivity index (χ2v) is 4.38. The predicted octanol–water partition coefficient (Wildman–Crippen LogP) is 2.02. The van der Waals surface area contributed by atoms with Crippen molar-refractivity contribution in [3.63, 3.8) is 0 Å². The first kappa shape index (κ1) is 15.2. The minimum Gasteiger partial charge on any atom is -0.326 e. The lowest BCUT2D eigenvalue weighted by molar-refractivity contribution is -0.117. The monoisotopic (exact) mass is 263 g/mol. The molecule has 0 saturated carbocycles. The smallest absolute Gasteiger partial charge is 0.241 e. The second-order valence-electron chi connectivity index (χ2n) is 4.38. The summed E-state index contributed by atoms with van der Waals surface area (Å²) in [4.78, 5) is 23.2. The quantitative estimate of drug-likeness (QED) is 0.759. The average molecular weight is 263 g/mol. The van der Waals surface area contributed by atoms with E-state index in [1.165, 1.54) is 0 Å². The number of benzene rings is 1. The van der Waals surface area contributed by atoms with Crippen molar-refractivity contribution < 1.29 is 9.59 Å². The molecule has 104 valence electrons. The molecule has 0 radical (unpaired) electrons. The van der Waals surface area contributed by atoms with Crippen LogP contribution in [-0.4, -0.2) is 17.9 Å². The van der Waals surface area contributed by atoms with E-state index in [1.54, 1.807) is 25.1 Å². The van der Waals surface area contributed by atoms with Crippen molar-refractivity contribution in [1.82, 2.24) is 0 Å². The number of rotatable bonds is 5. The second kappa shape index (κ2) is 6.89. The van der Waals surface area contributed by atoms with E-state index in [0.717, 1.165) is 5.56 Å². The van der Waals surface area contributed by atoms with Crippen LogP contribution in [0, 0.1) is 6.92 Å². The number of amides is 2. The highest BCUT2D eigenvalue weighted by molar-refractivity contribution is 5.97. The zero-order chi connectivity index (χ0) is 14.4. The highest BCUT2D eigenvalue weighted by Gasteiger charge is 2.13. The summed E-state index contributed by atoms with van der Waals surface area (Å²) in [6, 6.07) is 4.86. The fraction of sp³-hybridized carbons (Fsp3) is 0.429. The van der Waals surface area contributed by atoms with Crippen LogP contribution in [0.5, 0.6) is 0 Å². The lowest BCUT2D eigenvalue weighted by Crippen LogP contribution is -2.35. The molecule has 0 aliphatic rings. The molecule has 0 saturated heterocycles. The Labute approximate surface area is 113 Å². The Balaban J connectivity index is 2.88.